The van der Waals surface area contributed by atoms with Crippen molar-refractivity contribution in [2.45, 2.75) is 50.6 Å². The molecule has 0 aromatic carbocycles. The van der Waals surface area contributed by atoms with E-state index in [2.05, 4.69) is 5.32 Å². The molecule has 118 valence electrons. The summed E-state index contributed by atoms with van der Waals surface area (Å²) in [5.41, 5.74) is 5.67. The van der Waals surface area contributed by atoms with Crippen molar-refractivity contribution >= 4 is 17.8 Å². The van der Waals surface area contributed by atoms with Gasteiger partial charge in [-0.15, -0.1) is 0 Å². The summed E-state index contributed by atoms with van der Waals surface area (Å²) >= 11 is 0. The van der Waals surface area contributed by atoms with Crippen LogP contribution < -0.4 is 11.1 Å². The Morgan fingerprint density at radius 1 is 1.19 bits per heavy atom. The maximum atomic E-state index is 11.9. The highest BCUT2D eigenvalue weighted by Gasteiger charge is 2.35. The van der Waals surface area contributed by atoms with Crippen LogP contribution in [0.4, 0.5) is 0 Å². The maximum Gasteiger partial charge on any atom is 0.303 e. The van der Waals surface area contributed by atoms with Crippen LogP contribution in [-0.2, 0) is 14.4 Å². The van der Waals surface area contributed by atoms with Gasteiger partial charge in [0.2, 0.25) is 11.8 Å². The summed E-state index contributed by atoms with van der Waals surface area (Å²) in [5.74, 6) is -0.771. The molecule has 7 nitrogen and oxygen atoms in total. The lowest BCUT2D eigenvalue weighted by Gasteiger charge is -2.33. The normalized spacial score (nSPS) is 20.9. The third kappa shape index (κ3) is 4.70. The molecule has 2 rings (SSSR count). The molecule has 0 aromatic heterocycles. The highest BCUT2D eigenvalue weighted by molar-refractivity contribution is 5.83. The average Bonchev–Trinajstić information content (AvgIpc) is 3.29. The SMILES string of the molecule is NC(CCC(=O)O)C(=O)NC1CCN(C(=O)C2CC2)CC1. The molecule has 1 heterocycles. The topological polar surface area (TPSA) is 113 Å². The monoisotopic (exact) mass is 297 g/mol. The molecular formula is C14H23N3O4. The number of aliphatic carboxylic acids is 1. The van der Waals surface area contributed by atoms with Gasteiger partial charge < -0.3 is 21.1 Å². The van der Waals surface area contributed by atoms with Crippen LogP contribution in [0, 0.1) is 5.92 Å². The molecule has 2 fully saturated rings. The molecule has 2 aliphatic rings. The lowest BCUT2D eigenvalue weighted by molar-refractivity contribution is -0.137. The summed E-state index contributed by atoms with van der Waals surface area (Å²) in [6.45, 7) is 1.34. The van der Waals surface area contributed by atoms with E-state index in [1.54, 1.807) is 0 Å². The number of carbonyl (C=O) groups excluding carboxylic acids is 2. The quantitative estimate of drug-likeness (QED) is 0.623. The average molecular weight is 297 g/mol. The fourth-order valence-corrected chi connectivity index (χ4v) is 2.55. The summed E-state index contributed by atoms with van der Waals surface area (Å²) in [6.07, 6.45) is 3.51. The van der Waals surface area contributed by atoms with Gasteiger partial charge in [0.25, 0.3) is 0 Å². The Morgan fingerprint density at radius 3 is 2.33 bits per heavy atom. The van der Waals surface area contributed by atoms with Gasteiger partial charge in [-0.3, -0.25) is 14.4 Å². The van der Waals surface area contributed by atoms with E-state index in [0.717, 1.165) is 25.7 Å². The van der Waals surface area contributed by atoms with Gasteiger partial charge in [0.1, 0.15) is 0 Å². The molecule has 21 heavy (non-hydrogen) atoms. The van der Waals surface area contributed by atoms with Crippen molar-refractivity contribution in [3.63, 3.8) is 0 Å². The van der Waals surface area contributed by atoms with E-state index in [4.69, 9.17) is 10.8 Å². The molecule has 0 spiro atoms. The number of rotatable bonds is 6. The van der Waals surface area contributed by atoms with Gasteiger partial charge in [-0.2, -0.15) is 0 Å². The van der Waals surface area contributed by atoms with E-state index >= 15 is 0 Å². The minimum atomic E-state index is -0.954. The molecule has 0 aromatic rings. The Hall–Kier alpha value is -1.63. The zero-order valence-electron chi connectivity index (χ0n) is 12.1. The second kappa shape index (κ2) is 6.89. The van der Waals surface area contributed by atoms with Gasteiger partial charge in [-0.05, 0) is 32.1 Å². The zero-order valence-corrected chi connectivity index (χ0v) is 12.1. The van der Waals surface area contributed by atoms with E-state index in [1.165, 1.54) is 0 Å². The largest absolute Gasteiger partial charge is 0.481 e. The van der Waals surface area contributed by atoms with Gasteiger partial charge in [0.15, 0.2) is 0 Å². The molecule has 0 bridgehead atoms. The van der Waals surface area contributed by atoms with E-state index in [9.17, 15) is 14.4 Å². The Kier molecular flexibility index (Phi) is 5.17. The minimum absolute atomic E-state index is 0.0247. The number of nitrogens with zero attached hydrogens (tertiary/aromatic N) is 1. The molecule has 1 aliphatic carbocycles. The molecule has 1 aliphatic heterocycles. The van der Waals surface area contributed by atoms with E-state index in [-0.39, 0.29) is 36.6 Å². The van der Waals surface area contributed by atoms with Gasteiger partial charge in [-0.1, -0.05) is 0 Å². The number of amides is 2. The predicted molar refractivity (Wildman–Crippen MR) is 75.3 cm³/mol. The molecule has 4 N–H and O–H groups in total. The summed E-state index contributed by atoms with van der Waals surface area (Å²) in [5, 5.41) is 11.4. The second-order valence-electron chi connectivity index (χ2n) is 5.92. The summed E-state index contributed by atoms with van der Waals surface area (Å²) < 4.78 is 0. The van der Waals surface area contributed by atoms with Gasteiger partial charge in [-0.25, -0.2) is 0 Å². The lowest BCUT2D eigenvalue weighted by Crippen LogP contribution is -2.50. The van der Waals surface area contributed by atoms with Crippen molar-refractivity contribution in [2.75, 3.05) is 13.1 Å². The highest BCUT2D eigenvalue weighted by Crippen LogP contribution is 2.31. The standard InChI is InChI=1S/C14H23N3O4/c15-11(3-4-12(18)19)13(20)16-10-5-7-17(8-6-10)14(21)9-1-2-9/h9-11H,1-8,15H2,(H,16,20)(H,18,19). The number of carboxylic acid groups (broad SMARTS) is 1. The molecule has 1 atom stereocenters. The molecule has 1 saturated heterocycles. The third-order valence-electron chi connectivity index (χ3n) is 4.09. The fraction of sp³-hybridized carbons (Fsp3) is 0.786. The number of hydrogen-bond donors (Lipinski definition) is 3. The van der Waals surface area contributed by atoms with Crippen LogP contribution in [0.2, 0.25) is 0 Å². The maximum absolute atomic E-state index is 11.9. The second-order valence-corrected chi connectivity index (χ2v) is 5.92. The van der Waals surface area contributed by atoms with Crippen LogP contribution in [0.25, 0.3) is 0 Å². The molecular weight excluding hydrogens is 274 g/mol. The van der Waals surface area contributed by atoms with Crippen LogP contribution in [-0.4, -0.2) is 53.0 Å². The number of hydrogen-bond acceptors (Lipinski definition) is 4. The first-order chi connectivity index (χ1) is 9.97. The Labute approximate surface area is 123 Å². The van der Waals surface area contributed by atoms with Crippen LogP contribution in [0.3, 0.4) is 0 Å². The van der Waals surface area contributed by atoms with Crippen LogP contribution in [0.5, 0.6) is 0 Å². The summed E-state index contributed by atoms with van der Waals surface area (Å²) in [7, 11) is 0. The smallest absolute Gasteiger partial charge is 0.303 e. The van der Waals surface area contributed by atoms with E-state index in [0.29, 0.717) is 13.1 Å². The van der Waals surface area contributed by atoms with E-state index in [1.807, 2.05) is 4.90 Å². The number of piperidine rings is 1. The molecule has 1 saturated carbocycles. The Balaban J connectivity index is 1.68. The lowest BCUT2D eigenvalue weighted by atomic mass is 10.0. The van der Waals surface area contributed by atoms with Crippen LogP contribution >= 0.6 is 0 Å². The Bertz CT molecular complexity index is 414. The molecule has 1 unspecified atom stereocenters. The molecule has 0 radical (unpaired) electrons. The number of carbonyl (C=O) groups is 3. The van der Waals surface area contributed by atoms with Gasteiger partial charge >= 0.3 is 5.97 Å². The van der Waals surface area contributed by atoms with Crippen molar-refractivity contribution in [3.8, 4) is 0 Å². The summed E-state index contributed by atoms with van der Waals surface area (Å²) in [6, 6.07) is -0.760. The first-order valence-electron chi connectivity index (χ1n) is 7.54. The van der Waals surface area contributed by atoms with Crippen molar-refractivity contribution in [2.24, 2.45) is 11.7 Å². The van der Waals surface area contributed by atoms with E-state index < -0.39 is 12.0 Å². The van der Waals surface area contributed by atoms with Crippen LogP contribution in [0.15, 0.2) is 0 Å². The zero-order chi connectivity index (χ0) is 15.4. The first-order valence-corrected chi connectivity index (χ1v) is 7.54. The van der Waals surface area contributed by atoms with Crippen molar-refractivity contribution < 1.29 is 19.5 Å². The first kappa shape index (κ1) is 15.8. The number of nitrogens with two attached hydrogens (primary N) is 1. The number of likely N-dealkylation sites (tertiary alicyclic amines) is 1. The van der Waals surface area contributed by atoms with Crippen LogP contribution in [0.1, 0.15) is 38.5 Å². The molecule has 7 heteroatoms. The number of carboxylic acids is 1. The van der Waals surface area contributed by atoms with Crippen molar-refractivity contribution in [1.82, 2.24) is 10.2 Å². The minimum Gasteiger partial charge on any atom is -0.481 e. The summed E-state index contributed by atoms with van der Waals surface area (Å²) in [4.78, 5) is 36.1. The van der Waals surface area contributed by atoms with Crippen molar-refractivity contribution in [1.29, 1.82) is 0 Å². The van der Waals surface area contributed by atoms with Crippen molar-refractivity contribution in [3.05, 3.63) is 0 Å². The Morgan fingerprint density at radius 2 is 1.81 bits per heavy atom. The predicted octanol–water partition coefficient (Wildman–Crippen LogP) is -0.304. The van der Waals surface area contributed by atoms with Gasteiger partial charge in [0, 0.05) is 31.5 Å². The fourth-order valence-electron chi connectivity index (χ4n) is 2.55. The van der Waals surface area contributed by atoms with Gasteiger partial charge in [0.05, 0.1) is 6.04 Å². The number of nitrogens with one attached hydrogen (secondary N) is 1. The highest BCUT2D eigenvalue weighted by atomic mass is 16.4. The molecule has 2 amide bonds. The third-order valence-corrected chi connectivity index (χ3v) is 4.09.